The number of rotatable bonds is 6. The quantitative estimate of drug-likeness (QED) is 0.734. The van der Waals surface area contributed by atoms with Gasteiger partial charge in [-0.2, -0.15) is 0 Å². The van der Waals surface area contributed by atoms with Crippen molar-refractivity contribution in [3.8, 4) is 0 Å². The van der Waals surface area contributed by atoms with Crippen molar-refractivity contribution < 1.29 is 4.79 Å². The highest BCUT2D eigenvalue weighted by atomic mass is 32.1. The van der Waals surface area contributed by atoms with Gasteiger partial charge >= 0.3 is 0 Å². The molecule has 0 radical (unpaired) electrons. The molecule has 0 aliphatic rings. The summed E-state index contributed by atoms with van der Waals surface area (Å²) < 4.78 is 0. The van der Waals surface area contributed by atoms with Crippen molar-refractivity contribution >= 4 is 17.2 Å². The maximum Gasteiger partial charge on any atom is 0.217 e. The van der Waals surface area contributed by atoms with Gasteiger partial charge in [0.05, 0.1) is 5.01 Å². The number of nitrogens with two attached hydrogens (primary N) is 1. The van der Waals surface area contributed by atoms with Crippen molar-refractivity contribution in [2.24, 2.45) is 5.73 Å². The Bertz CT molecular complexity index is 296. The van der Waals surface area contributed by atoms with E-state index in [0.717, 1.165) is 31.4 Å². The molecule has 1 aromatic rings. The Morgan fingerprint density at radius 2 is 2.29 bits per heavy atom. The molecular weight excluding hydrogens is 196 g/mol. The standard InChI is InChI=1S/C10H16N2OS/c1-8-7-14-10(12-8)6-4-2-3-5-9(11)13/h7H,2-6H2,1H3,(H2,11,13). The summed E-state index contributed by atoms with van der Waals surface area (Å²) in [5.74, 6) is -0.199. The highest BCUT2D eigenvalue weighted by molar-refractivity contribution is 7.09. The molecule has 1 heterocycles. The van der Waals surface area contributed by atoms with Gasteiger partial charge in [-0.1, -0.05) is 6.42 Å². The lowest BCUT2D eigenvalue weighted by Crippen LogP contribution is -2.09. The Labute approximate surface area is 88.3 Å². The summed E-state index contributed by atoms with van der Waals surface area (Å²) in [4.78, 5) is 14.8. The number of thiazole rings is 1. The van der Waals surface area contributed by atoms with Gasteiger partial charge < -0.3 is 5.73 Å². The first-order valence-electron chi connectivity index (χ1n) is 4.88. The van der Waals surface area contributed by atoms with Crippen LogP contribution in [0.15, 0.2) is 5.38 Å². The molecule has 0 saturated heterocycles. The second-order valence-electron chi connectivity index (χ2n) is 3.41. The molecule has 3 nitrogen and oxygen atoms in total. The fraction of sp³-hybridized carbons (Fsp3) is 0.600. The molecule has 0 fully saturated rings. The summed E-state index contributed by atoms with van der Waals surface area (Å²) in [6, 6.07) is 0. The Hall–Kier alpha value is -0.900. The van der Waals surface area contributed by atoms with Gasteiger partial charge in [0.15, 0.2) is 0 Å². The first-order chi connectivity index (χ1) is 6.68. The van der Waals surface area contributed by atoms with E-state index in [9.17, 15) is 4.79 Å². The van der Waals surface area contributed by atoms with Crippen molar-refractivity contribution in [2.75, 3.05) is 0 Å². The number of hydrogen-bond donors (Lipinski definition) is 1. The third-order valence-electron chi connectivity index (χ3n) is 1.98. The van der Waals surface area contributed by atoms with E-state index in [2.05, 4.69) is 10.4 Å². The number of aromatic nitrogens is 1. The van der Waals surface area contributed by atoms with Gasteiger partial charge in [-0.3, -0.25) is 4.79 Å². The zero-order valence-electron chi connectivity index (χ0n) is 8.45. The lowest BCUT2D eigenvalue weighted by molar-refractivity contribution is -0.118. The fourth-order valence-corrected chi connectivity index (χ4v) is 2.09. The second kappa shape index (κ2) is 5.75. The molecule has 0 aliphatic carbocycles. The zero-order chi connectivity index (χ0) is 10.4. The molecule has 0 bridgehead atoms. The molecule has 4 heteroatoms. The van der Waals surface area contributed by atoms with Crippen LogP contribution in [0.25, 0.3) is 0 Å². The van der Waals surface area contributed by atoms with Crippen molar-refractivity contribution in [3.63, 3.8) is 0 Å². The summed E-state index contributed by atoms with van der Waals surface area (Å²) >= 11 is 1.71. The summed E-state index contributed by atoms with van der Waals surface area (Å²) in [6.45, 7) is 2.01. The van der Waals surface area contributed by atoms with Gasteiger partial charge in [-0.15, -0.1) is 11.3 Å². The van der Waals surface area contributed by atoms with Crippen LogP contribution in [-0.2, 0) is 11.2 Å². The highest BCUT2D eigenvalue weighted by Gasteiger charge is 1.99. The van der Waals surface area contributed by atoms with Gasteiger partial charge in [0.1, 0.15) is 0 Å². The Balaban J connectivity index is 2.07. The molecule has 1 amide bonds. The van der Waals surface area contributed by atoms with Gasteiger partial charge in [-0.25, -0.2) is 4.98 Å². The van der Waals surface area contributed by atoms with Crippen LogP contribution in [0.4, 0.5) is 0 Å². The van der Waals surface area contributed by atoms with Crippen LogP contribution in [0.1, 0.15) is 36.4 Å². The molecule has 1 rings (SSSR count). The monoisotopic (exact) mass is 212 g/mol. The molecule has 2 N–H and O–H groups in total. The summed E-state index contributed by atoms with van der Waals surface area (Å²) in [7, 11) is 0. The molecule has 0 aliphatic heterocycles. The number of amides is 1. The molecule has 0 saturated carbocycles. The summed E-state index contributed by atoms with van der Waals surface area (Å²) in [5.41, 5.74) is 6.14. The third-order valence-corrected chi connectivity index (χ3v) is 3.01. The first-order valence-corrected chi connectivity index (χ1v) is 5.76. The lowest BCUT2D eigenvalue weighted by atomic mass is 10.1. The van der Waals surface area contributed by atoms with Gasteiger partial charge in [0, 0.05) is 17.5 Å². The molecular formula is C10H16N2OS. The molecule has 1 aromatic heterocycles. The first kappa shape index (κ1) is 11.2. The summed E-state index contributed by atoms with van der Waals surface area (Å²) in [5, 5.41) is 3.26. The lowest BCUT2D eigenvalue weighted by Gasteiger charge is -1.96. The van der Waals surface area contributed by atoms with Crippen molar-refractivity contribution in [1.29, 1.82) is 0 Å². The van der Waals surface area contributed by atoms with E-state index in [1.165, 1.54) is 5.01 Å². The van der Waals surface area contributed by atoms with E-state index in [0.29, 0.717) is 6.42 Å². The molecule has 0 atom stereocenters. The van der Waals surface area contributed by atoms with Crippen LogP contribution >= 0.6 is 11.3 Å². The van der Waals surface area contributed by atoms with Crippen molar-refractivity contribution in [2.45, 2.75) is 39.0 Å². The third kappa shape index (κ3) is 4.37. The van der Waals surface area contributed by atoms with E-state index < -0.39 is 0 Å². The highest BCUT2D eigenvalue weighted by Crippen LogP contribution is 2.12. The number of unbranched alkanes of at least 4 members (excludes halogenated alkanes) is 2. The minimum absolute atomic E-state index is 0.199. The molecule has 78 valence electrons. The van der Waals surface area contributed by atoms with Crippen LogP contribution in [-0.4, -0.2) is 10.9 Å². The maximum atomic E-state index is 10.4. The van der Waals surface area contributed by atoms with E-state index >= 15 is 0 Å². The second-order valence-corrected chi connectivity index (χ2v) is 4.35. The van der Waals surface area contributed by atoms with E-state index in [4.69, 9.17) is 5.73 Å². The number of hydrogen-bond acceptors (Lipinski definition) is 3. The number of aryl methyl sites for hydroxylation is 2. The van der Waals surface area contributed by atoms with Gasteiger partial charge in [0.2, 0.25) is 5.91 Å². The summed E-state index contributed by atoms with van der Waals surface area (Å²) in [6.07, 6.45) is 4.59. The Kier molecular flexibility index (Phi) is 4.59. The Morgan fingerprint density at radius 1 is 1.50 bits per heavy atom. The van der Waals surface area contributed by atoms with Crippen LogP contribution < -0.4 is 5.73 Å². The van der Waals surface area contributed by atoms with Gasteiger partial charge in [-0.05, 0) is 26.2 Å². The SMILES string of the molecule is Cc1csc(CCCCCC(N)=O)n1. The zero-order valence-corrected chi connectivity index (χ0v) is 9.27. The number of primary amides is 1. The van der Waals surface area contributed by atoms with E-state index in [1.807, 2.05) is 6.92 Å². The van der Waals surface area contributed by atoms with Crippen LogP contribution in [0.2, 0.25) is 0 Å². The minimum atomic E-state index is -0.199. The molecule has 0 unspecified atom stereocenters. The average molecular weight is 212 g/mol. The predicted octanol–water partition coefficient (Wildman–Crippen LogP) is 2.04. The number of nitrogens with zero attached hydrogens (tertiary/aromatic N) is 1. The number of carbonyl (C=O) groups excluding carboxylic acids is 1. The van der Waals surface area contributed by atoms with Crippen LogP contribution in [0, 0.1) is 6.92 Å². The van der Waals surface area contributed by atoms with Crippen LogP contribution in [0.3, 0.4) is 0 Å². The fourth-order valence-electron chi connectivity index (χ4n) is 1.27. The van der Waals surface area contributed by atoms with Crippen LogP contribution in [0.5, 0.6) is 0 Å². The minimum Gasteiger partial charge on any atom is -0.370 e. The normalized spacial score (nSPS) is 10.4. The smallest absolute Gasteiger partial charge is 0.217 e. The molecule has 14 heavy (non-hydrogen) atoms. The van der Waals surface area contributed by atoms with E-state index in [-0.39, 0.29) is 5.91 Å². The molecule has 0 spiro atoms. The van der Waals surface area contributed by atoms with Crippen molar-refractivity contribution in [3.05, 3.63) is 16.1 Å². The van der Waals surface area contributed by atoms with E-state index in [1.54, 1.807) is 11.3 Å². The number of carbonyl (C=O) groups is 1. The maximum absolute atomic E-state index is 10.4. The molecule has 0 aromatic carbocycles. The van der Waals surface area contributed by atoms with Gasteiger partial charge in [0.25, 0.3) is 0 Å². The average Bonchev–Trinajstić information content (AvgIpc) is 2.50. The predicted molar refractivity (Wildman–Crippen MR) is 58.2 cm³/mol. The Morgan fingerprint density at radius 3 is 2.86 bits per heavy atom. The topological polar surface area (TPSA) is 56.0 Å². The van der Waals surface area contributed by atoms with Crippen molar-refractivity contribution in [1.82, 2.24) is 4.98 Å². The largest absolute Gasteiger partial charge is 0.370 e.